The van der Waals surface area contributed by atoms with Gasteiger partial charge in [-0.3, -0.25) is 4.79 Å². The summed E-state index contributed by atoms with van der Waals surface area (Å²) in [5.74, 6) is -0.220. The Kier molecular flexibility index (Phi) is 6.48. The van der Waals surface area contributed by atoms with Crippen LogP contribution < -0.4 is 10.2 Å². The highest BCUT2D eigenvalue weighted by Gasteiger charge is 2.19. The van der Waals surface area contributed by atoms with E-state index in [2.05, 4.69) is 27.1 Å². The smallest absolute Gasteiger partial charge is 0.229 e. The number of halogens is 3. The Morgan fingerprint density at radius 2 is 1.85 bits per heavy atom. The van der Waals surface area contributed by atoms with Gasteiger partial charge in [0.15, 0.2) is 0 Å². The largest absolute Gasteiger partial charge is 0.367 e. The predicted molar refractivity (Wildman–Crippen MR) is 112 cm³/mol. The molecule has 5 nitrogen and oxygen atoms in total. The fourth-order valence-corrected chi connectivity index (χ4v) is 3.90. The lowest BCUT2D eigenvalue weighted by atomic mass is 10.1. The van der Waals surface area contributed by atoms with Gasteiger partial charge >= 0.3 is 0 Å². The Morgan fingerprint density at radius 1 is 1.15 bits per heavy atom. The van der Waals surface area contributed by atoms with E-state index in [9.17, 15) is 4.79 Å². The summed E-state index contributed by atoms with van der Waals surface area (Å²) in [6.45, 7) is 5.52. The zero-order valence-corrected chi connectivity index (χ0v) is 17.5. The van der Waals surface area contributed by atoms with Gasteiger partial charge in [0.1, 0.15) is 5.15 Å². The van der Waals surface area contributed by atoms with Gasteiger partial charge in [-0.25, -0.2) is 4.98 Å². The molecule has 1 amide bonds. The standard InChI is InChI=1S/C19H21Cl3N4O/c1-12-9-15(21)14(19(22)23-12)11-18(27)24-16-10-13(20)3-4-17(16)26-7-5-25(2)6-8-26/h3-4,9-10H,5-8,11H2,1-2H3,(H,24,27). The minimum absolute atomic E-state index is 0.0413. The Hall–Kier alpha value is -1.53. The van der Waals surface area contributed by atoms with Crippen molar-refractivity contribution in [2.24, 2.45) is 0 Å². The van der Waals surface area contributed by atoms with Crippen LogP contribution in [-0.4, -0.2) is 49.0 Å². The number of likely N-dealkylation sites (N-methyl/N-ethyl adjacent to an activating group) is 1. The molecule has 0 atom stereocenters. The first kappa shape index (κ1) is 20.2. The van der Waals surface area contributed by atoms with Crippen molar-refractivity contribution in [2.45, 2.75) is 13.3 Å². The average Bonchev–Trinajstić information content (AvgIpc) is 2.59. The van der Waals surface area contributed by atoms with Gasteiger partial charge in [-0.05, 0) is 38.2 Å². The summed E-state index contributed by atoms with van der Waals surface area (Å²) in [6.07, 6.45) is 0.0413. The quantitative estimate of drug-likeness (QED) is 0.740. The van der Waals surface area contributed by atoms with Crippen molar-refractivity contribution in [1.82, 2.24) is 9.88 Å². The summed E-state index contributed by atoms with van der Waals surface area (Å²) in [5, 5.41) is 4.21. The number of pyridine rings is 1. The highest BCUT2D eigenvalue weighted by molar-refractivity contribution is 6.35. The van der Waals surface area contributed by atoms with E-state index in [-0.39, 0.29) is 17.5 Å². The van der Waals surface area contributed by atoms with Crippen LogP contribution in [-0.2, 0) is 11.2 Å². The third kappa shape index (κ3) is 5.05. The van der Waals surface area contributed by atoms with E-state index in [1.807, 2.05) is 12.1 Å². The van der Waals surface area contributed by atoms with Gasteiger partial charge in [0.2, 0.25) is 5.91 Å². The molecule has 8 heteroatoms. The maximum Gasteiger partial charge on any atom is 0.229 e. The Labute approximate surface area is 174 Å². The number of nitrogens with one attached hydrogen (secondary N) is 1. The molecule has 0 unspecified atom stereocenters. The molecule has 1 aromatic heterocycles. The molecule has 1 fully saturated rings. The summed E-state index contributed by atoms with van der Waals surface area (Å²) in [5.41, 5.74) is 2.87. The first-order valence-corrected chi connectivity index (χ1v) is 9.81. The van der Waals surface area contributed by atoms with Crippen LogP contribution in [0.4, 0.5) is 11.4 Å². The fraction of sp³-hybridized carbons (Fsp3) is 0.368. The number of carbonyl (C=O) groups excluding carboxylic acids is 1. The van der Waals surface area contributed by atoms with Gasteiger partial charge in [0, 0.05) is 47.5 Å². The molecule has 0 spiro atoms. The maximum atomic E-state index is 12.6. The van der Waals surface area contributed by atoms with Gasteiger partial charge in [-0.15, -0.1) is 0 Å². The fourth-order valence-electron chi connectivity index (χ4n) is 3.07. The van der Waals surface area contributed by atoms with E-state index in [0.29, 0.717) is 27.0 Å². The van der Waals surface area contributed by atoms with Crippen LogP contribution in [0.15, 0.2) is 24.3 Å². The van der Waals surface area contributed by atoms with Crippen LogP contribution in [0.5, 0.6) is 0 Å². The van der Waals surface area contributed by atoms with Crippen molar-refractivity contribution in [3.05, 3.63) is 50.7 Å². The zero-order chi connectivity index (χ0) is 19.6. The van der Waals surface area contributed by atoms with Crippen LogP contribution in [0.2, 0.25) is 15.2 Å². The highest BCUT2D eigenvalue weighted by Crippen LogP contribution is 2.31. The molecule has 1 aliphatic rings. The Bertz CT molecular complexity index is 828. The normalized spacial score (nSPS) is 15.1. The van der Waals surface area contributed by atoms with E-state index < -0.39 is 0 Å². The van der Waals surface area contributed by atoms with Crippen molar-refractivity contribution in [3.63, 3.8) is 0 Å². The molecule has 27 heavy (non-hydrogen) atoms. The number of amides is 1. The topological polar surface area (TPSA) is 48.5 Å². The number of hydrogen-bond acceptors (Lipinski definition) is 4. The van der Waals surface area contributed by atoms with E-state index in [4.69, 9.17) is 34.8 Å². The van der Waals surface area contributed by atoms with Gasteiger partial charge < -0.3 is 15.1 Å². The van der Waals surface area contributed by atoms with Gasteiger partial charge in [-0.1, -0.05) is 34.8 Å². The molecule has 3 rings (SSSR count). The number of aromatic nitrogens is 1. The SMILES string of the molecule is Cc1cc(Cl)c(CC(=O)Nc2cc(Cl)ccc2N2CCN(C)CC2)c(Cl)n1. The monoisotopic (exact) mass is 426 g/mol. The Balaban J connectivity index is 1.79. The molecule has 1 aromatic carbocycles. The lowest BCUT2D eigenvalue weighted by Crippen LogP contribution is -2.44. The van der Waals surface area contributed by atoms with Crippen LogP contribution in [0.1, 0.15) is 11.3 Å². The number of anilines is 2. The van der Waals surface area contributed by atoms with Crippen molar-refractivity contribution in [3.8, 4) is 0 Å². The van der Waals surface area contributed by atoms with E-state index in [1.54, 1.807) is 19.1 Å². The number of aryl methyl sites for hydroxylation is 1. The van der Waals surface area contributed by atoms with Gasteiger partial charge in [0.25, 0.3) is 0 Å². The Morgan fingerprint density at radius 3 is 2.52 bits per heavy atom. The second-order valence-electron chi connectivity index (χ2n) is 6.69. The first-order chi connectivity index (χ1) is 12.8. The number of benzene rings is 1. The highest BCUT2D eigenvalue weighted by atomic mass is 35.5. The van der Waals surface area contributed by atoms with Crippen molar-refractivity contribution >= 4 is 52.1 Å². The number of hydrogen-bond donors (Lipinski definition) is 1. The minimum Gasteiger partial charge on any atom is -0.367 e. The summed E-state index contributed by atoms with van der Waals surface area (Å²) in [7, 11) is 2.10. The maximum absolute atomic E-state index is 12.6. The van der Waals surface area contributed by atoms with Crippen LogP contribution in [0.25, 0.3) is 0 Å². The summed E-state index contributed by atoms with van der Waals surface area (Å²) < 4.78 is 0. The molecule has 2 heterocycles. The molecular formula is C19H21Cl3N4O. The molecule has 1 saturated heterocycles. The van der Waals surface area contributed by atoms with E-state index in [0.717, 1.165) is 31.9 Å². The lowest BCUT2D eigenvalue weighted by molar-refractivity contribution is -0.115. The number of nitrogens with zero attached hydrogens (tertiary/aromatic N) is 3. The summed E-state index contributed by atoms with van der Waals surface area (Å²) in [4.78, 5) is 21.3. The third-order valence-electron chi connectivity index (χ3n) is 4.56. The van der Waals surface area contributed by atoms with Crippen molar-refractivity contribution in [1.29, 1.82) is 0 Å². The number of rotatable bonds is 4. The van der Waals surface area contributed by atoms with Crippen LogP contribution in [0.3, 0.4) is 0 Å². The number of carbonyl (C=O) groups is 1. The summed E-state index contributed by atoms with van der Waals surface area (Å²) >= 11 is 18.6. The van der Waals surface area contributed by atoms with Gasteiger partial charge in [0.05, 0.1) is 17.8 Å². The second-order valence-corrected chi connectivity index (χ2v) is 7.89. The average molecular weight is 428 g/mol. The molecule has 0 radical (unpaired) electrons. The zero-order valence-electron chi connectivity index (χ0n) is 15.2. The molecule has 2 aromatic rings. The predicted octanol–water partition coefficient (Wildman–Crippen LogP) is 4.28. The minimum atomic E-state index is -0.220. The molecule has 0 bridgehead atoms. The molecule has 1 N–H and O–H groups in total. The molecule has 0 aliphatic carbocycles. The van der Waals surface area contributed by atoms with Crippen LogP contribution >= 0.6 is 34.8 Å². The van der Waals surface area contributed by atoms with Crippen molar-refractivity contribution < 1.29 is 4.79 Å². The molecular weight excluding hydrogens is 407 g/mol. The molecule has 1 aliphatic heterocycles. The van der Waals surface area contributed by atoms with Gasteiger partial charge in [-0.2, -0.15) is 0 Å². The van der Waals surface area contributed by atoms with E-state index in [1.165, 1.54) is 0 Å². The van der Waals surface area contributed by atoms with E-state index >= 15 is 0 Å². The van der Waals surface area contributed by atoms with Crippen molar-refractivity contribution in [2.75, 3.05) is 43.4 Å². The number of piperazine rings is 1. The molecule has 0 saturated carbocycles. The molecule has 144 valence electrons. The second kappa shape index (κ2) is 8.65. The van der Waals surface area contributed by atoms with Crippen LogP contribution in [0, 0.1) is 6.92 Å². The lowest BCUT2D eigenvalue weighted by Gasteiger charge is -2.35. The first-order valence-electron chi connectivity index (χ1n) is 8.68. The summed E-state index contributed by atoms with van der Waals surface area (Å²) in [6, 6.07) is 7.24. The third-order valence-corrected chi connectivity index (χ3v) is 5.45.